The van der Waals surface area contributed by atoms with E-state index < -0.39 is 6.04 Å². The van der Waals surface area contributed by atoms with Crippen molar-refractivity contribution >= 4 is 29.3 Å². The summed E-state index contributed by atoms with van der Waals surface area (Å²) in [4.78, 5) is 40.8. The zero-order chi connectivity index (χ0) is 24.8. The summed E-state index contributed by atoms with van der Waals surface area (Å²) in [5, 5.41) is 6.38. The fraction of sp³-hybridized carbons (Fsp3) is 0.296. The van der Waals surface area contributed by atoms with Gasteiger partial charge in [0.1, 0.15) is 11.8 Å². The van der Waals surface area contributed by atoms with Crippen LogP contribution in [0, 0.1) is 12.8 Å². The van der Waals surface area contributed by atoms with E-state index in [1.165, 1.54) is 0 Å². The first kappa shape index (κ1) is 24.5. The van der Waals surface area contributed by atoms with Crippen LogP contribution in [0.5, 0.6) is 0 Å². The van der Waals surface area contributed by atoms with Crippen molar-refractivity contribution in [3.8, 4) is 0 Å². The van der Waals surface area contributed by atoms with E-state index in [4.69, 9.17) is 16.0 Å². The van der Waals surface area contributed by atoms with Crippen LogP contribution < -0.4 is 10.6 Å². The molecule has 35 heavy (non-hydrogen) atoms. The van der Waals surface area contributed by atoms with Gasteiger partial charge >= 0.3 is 0 Å². The summed E-state index contributed by atoms with van der Waals surface area (Å²) < 4.78 is 5.31. The molecule has 2 heterocycles. The van der Waals surface area contributed by atoms with Crippen LogP contribution >= 0.6 is 11.6 Å². The number of piperidine rings is 1. The molecule has 0 aliphatic carbocycles. The first-order valence-corrected chi connectivity index (χ1v) is 12.0. The van der Waals surface area contributed by atoms with Crippen molar-refractivity contribution in [3.63, 3.8) is 0 Å². The van der Waals surface area contributed by atoms with Crippen LogP contribution in [-0.2, 0) is 11.3 Å². The van der Waals surface area contributed by atoms with Gasteiger partial charge in [-0.2, -0.15) is 0 Å². The molecule has 1 saturated heterocycles. The molecular formula is C27H28ClN3O4. The molecule has 182 valence electrons. The lowest BCUT2D eigenvalue weighted by Crippen LogP contribution is -2.53. The number of benzene rings is 2. The molecule has 0 spiro atoms. The predicted octanol–water partition coefficient (Wildman–Crippen LogP) is 4.21. The topological polar surface area (TPSA) is 91.7 Å². The Balaban J connectivity index is 1.43. The molecule has 2 aromatic carbocycles. The van der Waals surface area contributed by atoms with E-state index in [-0.39, 0.29) is 30.2 Å². The number of rotatable bonds is 7. The standard InChI is InChI=1S/C27H28ClN3O4/c1-18-4-6-20(7-5-18)25(32)30-24(26(33)29-17-23-3-2-16-35-23)19-12-14-31(15-13-19)27(34)21-8-10-22(28)11-9-21/h2-11,16,19,24H,12-15,17H2,1H3,(H,29,33)(H,30,32)/t24-/m1/s1. The van der Waals surface area contributed by atoms with Crippen LogP contribution in [0.15, 0.2) is 71.3 Å². The minimum atomic E-state index is -0.730. The Morgan fingerprint density at radius 1 is 1.00 bits per heavy atom. The van der Waals surface area contributed by atoms with Gasteiger partial charge in [-0.1, -0.05) is 29.3 Å². The van der Waals surface area contributed by atoms with E-state index in [1.54, 1.807) is 59.7 Å². The third kappa shape index (κ3) is 6.31. The highest BCUT2D eigenvalue weighted by Crippen LogP contribution is 2.23. The minimum Gasteiger partial charge on any atom is -0.467 e. The van der Waals surface area contributed by atoms with Crippen molar-refractivity contribution in [1.82, 2.24) is 15.5 Å². The van der Waals surface area contributed by atoms with Crippen LogP contribution in [0.3, 0.4) is 0 Å². The molecular weight excluding hydrogens is 466 g/mol. The highest BCUT2D eigenvalue weighted by molar-refractivity contribution is 6.30. The highest BCUT2D eigenvalue weighted by Gasteiger charge is 2.34. The smallest absolute Gasteiger partial charge is 0.253 e. The lowest BCUT2D eigenvalue weighted by atomic mass is 9.88. The van der Waals surface area contributed by atoms with Crippen LogP contribution in [0.25, 0.3) is 0 Å². The third-order valence-electron chi connectivity index (χ3n) is 6.29. The number of halogens is 1. The van der Waals surface area contributed by atoms with Gasteiger partial charge in [0.2, 0.25) is 5.91 Å². The maximum Gasteiger partial charge on any atom is 0.253 e. The number of hydrogen-bond donors (Lipinski definition) is 2. The number of carbonyl (C=O) groups excluding carboxylic acids is 3. The molecule has 1 fully saturated rings. The SMILES string of the molecule is Cc1ccc(C(=O)N[C@@H](C(=O)NCc2ccco2)C2CCN(C(=O)c3ccc(Cl)cc3)CC2)cc1. The van der Waals surface area contributed by atoms with E-state index in [2.05, 4.69) is 10.6 Å². The van der Waals surface area contributed by atoms with Crippen LogP contribution in [0.4, 0.5) is 0 Å². The first-order chi connectivity index (χ1) is 16.9. The van der Waals surface area contributed by atoms with Gasteiger partial charge in [-0.05, 0) is 74.2 Å². The largest absolute Gasteiger partial charge is 0.467 e. The first-order valence-electron chi connectivity index (χ1n) is 11.6. The van der Waals surface area contributed by atoms with E-state index >= 15 is 0 Å². The predicted molar refractivity (Wildman–Crippen MR) is 133 cm³/mol. The Morgan fingerprint density at radius 3 is 2.29 bits per heavy atom. The van der Waals surface area contributed by atoms with Gasteiger partial charge in [-0.25, -0.2) is 0 Å². The number of aryl methyl sites for hydroxylation is 1. The van der Waals surface area contributed by atoms with Crippen molar-refractivity contribution in [2.75, 3.05) is 13.1 Å². The molecule has 0 saturated carbocycles. The molecule has 3 amide bonds. The second kappa shape index (κ2) is 11.2. The molecule has 1 aliphatic rings. The van der Waals surface area contributed by atoms with Crippen molar-refractivity contribution in [2.45, 2.75) is 32.4 Å². The van der Waals surface area contributed by atoms with Crippen molar-refractivity contribution in [1.29, 1.82) is 0 Å². The van der Waals surface area contributed by atoms with Crippen molar-refractivity contribution in [2.24, 2.45) is 5.92 Å². The van der Waals surface area contributed by atoms with E-state index in [0.717, 1.165) is 5.56 Å². The number of nitrogens with zero attached hydrogens (tertiary/aromatic N) is 1. The average Bonchev–Trinajstić information content (AvgIpc) is 3.40. The Bertz CT molecular complexity index is 1150. The zero-order valence-corrected chi connectivity index (χ0v) is 20.3. The maximum absolute atomic E-state index is 13.2. The molecule has 1 aromatic heterocycles. The van der Waals surface area contributed by atoms with Gasteiger partial charge in [0.05, 0.1) is 12.8 Å². The third-order valence-corrected chi connectivity index (χ3v) is 6.54. The molecule has 7 nitrogen and oxygen atoms in total. The van der Waals surface area contributed by atoms with Crippen molar-refractivity contribution < 1.29 is 18.8 Å². The summed E-state index contributed by atoms with van der Waals surface area (Å²) >= 11 is 5.93. The fourth-order valence-corrected chi connectivity index (χ4v) is 4.36. The van der Waals surface area contributed by atoms with Gasteiger partial charge in [0, 0.05) is 29.2 Å². The number of amides is 3. The molecule has 1 aliphatic heterocycles. The zero-order valence-electron chi connectivity index (χ0n) is 19.5. The number of likely N-dealkylation sites (tertiary alicyclic amines) is 1. The summed E-state index contributed by atoms with van der Waals surface area (Å²) in [6.07, 6.45) is 2.73. The summed E-state index contributed by atoms with van der Waals surface area (Å²) in [6.45, 7) is 3.17. The normalized spacial score (nSPS) is 14.9. The van der Waals surface area contributed by atoms with Gasteiger partial charge in [-0.3, -0.25) is 14.4 Å². The Labute approximate surface area is 209 Å². The van der Waals surface area contributed by atoms with Gasteiger partial charge in [0.25, 0.3) is 11.8 Å². The maximum atomic E-state index is 13.2. The molecule has 8 heteroatoms. The number of hydrogen-bond acceptors (Lipinski definition) is 4. The summed E-state index contributed by atoms with van der Waals surface area (Å²) in [6, 6.07) is 16.8. The number of carbonyl (C=O) groups is 3. The van der Waals surface area contributed by atoms with E-state index in [1.807, 2.05) is 19.1 Å². The lowest BCUT2D eigenvalue weighted by Gasteiger charge is -2.36. The van der Waals surface area contributed by atoms with E-state index in [9.17, 15) is 14.4 Å². The molecule has 3 aromatic rings. The number of furan rings is 1. The minimum absolute atomic E-state index is 0.0670. The molecule has 0 bridgehead atoms. The molecule has 0 unspecified atom stereocenters. The Kier molecular flexibility index (Phi) is 7.87. The van der Waals surface area contributed by atoms with Crippen LogP contribution in [-0.4, -0.2) is 41.8 Å². The number of nitrogens with one attached hydrogen (secondary N) is 2. The van der Waals surface area contributed by atoms with Crippen LogP contribution in [0.1, 0.15) is 44.9 Å². The second-order valence-corrected chi connectivity index (χ2v) is 9.19. The molecule has 2 N–H and O–H groups in total. The van der Waals surface area contributed by atoms with Crippen LogP contribution in [0.2, 0.25) is 5.02 Å². The lowest BCUT2D eigenvalue weighted by molar-refractivity contribution is -0.124. The second-order valence-electron chi connectivity index (χ2n) is 8.75. The molecule has 4 rings (SSSR count). The fourth-order valence-electron chi connectivity index (χ4n) is 4.24. The summed E-state index contributed by atoms with van der Waals surface area (Å²) in [5.41, 5.74) is 2.12. The quantitative estimate of drug-likeness (QED) is 0.515. The van der Waals surface area contributed by atoms with E-state index in [0.29, 0.717) is 47.8 Å². The average molecular weight is 494 g/mol. The monoisotopic (exact) mass is 493 g/mol. The molecule has 1 atom stereocenters. The van der Waals surface area contributed by atoms with Gasteiger partial charge in [-0.15, -0.1) is 0 Å². The Hall–Kier alpha value is -3.58. The summed E-state index contributed by atoms with van der Waals surface area (Å²) in [5.74, 6) is -0.129. The highest BCUT2D eigenvalue weighted by atomic mass is 35.5. The van der Waals surface area contributed by atoms with Crippen molar-refractivity contribution in [3.05, 3.63) is 94.4 Å². The molecule has 0 radical (unpaired) electrons. The van der Waals surface area contributed by atoms with Gasteiger partial charge < -0.3 is 20.0 Å². The Morgan fingerprint density at radius 2 is 1.66 bits per heavy atom. The van der Waals surface area contributed by atoms with Gasteiger partial charge in [0.15, 0.2) is 0 Å². The summed E-state index contributed by atoms with van der Waals surface area (Å²) in [7, 11) is 0.